The molecule has 3 heteroatoms. The number of carbonyl (C=O) groups is 1. The van der Waals surface area contributed by atoms with Crippen molar-refractivity contribution in [3.63, 3.8) is 0 Å². The fourth-order valence-electron chi connectivity index (χ4n) is 1.93. The van der Waals surface area contributed by atoms with E-state index in [1.807, 2.05) is 24.3 Å². The summed E-state index contributed by atoms with van der Waals surface area (Å²) >= 11 is 0. The van der Waals surface area contributed by atoms with E-state index in [-0.39, 0.29) is 11.7 Å². The Hall–Kier alpha value is -2.16. The first-order valence-electron chi connectivity index (χ1n) is 6.35. The van der Waals surface area contributed by atoms with E-state index in [9.17, 15) is 9.18 Å². The van der Waals surface area contributed by atoms with Crippen LogP contribution in [0.5, 0.6) is 0 Å². The van der Waals surface area contributed by atoms with Crippen molar-refractivity contribution in [1.29, 1.82) is 0 Å². The lowest BCUT2D eigenvalue weighted by Crippen LogP contribution is -2.13. The molecule has 98 valence electrons. The molecule has 0 spiro atoms. The van der Waals surface area contributed by atoms with Gasteiger partial charge in [-0.05, 0) is 42.3 Å². The van der Waals surface area contributed by atoms with Gasteiger partial charge in [-0.15, -0.1) is 0 Å². The third kappa shape index (κ3) is 3.41. The minimum atomic E-state index is -0.345. The Bertz CT molecular complexity index is 563. The van der Waals surface area contributed by atoms with Gasteiger partial charge in [-0.25, -0.2) is 4.39 Å². The standard InChI is InChI=1S/C16H16FNO/c1-2-5-12-6-3-4-7-15(12)18-16(19)13-8-10-14(17)11-9-13/h3-4,6-11H,2,5H2,1H3,(H,18,19). The van der Waals surface area contributed by atoms with Gasteiger partial charge in [0.25, 0.3) is 5.91 Å². The molecule has 2 nitrogen and oxygen atoms in total. The Balaban J connectivity index is 2.16. The van der Waals surface area contributed by atoms with Gasteiger partial charge in [-0.2, -0.15) is 0 Å². The van der Waals surface area contributed by atoms with Crippen LogP contribution in [0.1, 0.15) is 29.3 Å². The summed E-state index contributed by atoms with van der Waals surface area (Å²) in [5.74, 6) is -0.563. The molecule has 0 fully saturated rings. The number of carbonyl (C=O) groups excluding carboxylic acids is 1. The first-order chi connectivity index (χ1) is 9.20. The number of para-hydroxylation sites is 1. The van der Waals surface area contributed by atoms with Crippen LogP contribution in [0.15, 0.2) is 48.5 Å². The van der Waals surface area contributed by atoms with Crippen LogP contribution in [0.25, 0.3) is 0 Å². The fraction of sp³-hybridized carbons (Fsp3) is 0.188. The average Bonchev–Trinajstić information content (AvgIpc) is 2.42. The summed E-state index contributed by atoms with van der Waals surface area (Å²) in [5, 5.41) is 2.87. The smallest absolute Gasteiger partial charge is 0.255 e. The number of halogens is 1. The van der Waals surface area contributed by atoms with Crippen molar-refractivity contribution in [2.24, 2.45) is 0 Å². The zero-order valence-electron chi connectivity index (χ0n) is 10.8. The number of aryl methyl sites for hydroxylation is 1. The maximum Gasteiger partial charge on any atom is 0.255 e. The predicted molar refractivity (Wildman–Crippen MR) is 74.8 cm³/mol. The monoisotopic (exact) mass is 257 g/mol. The van der Waals surface area contributed by atoms with E-state index >= 15 is 0 Å². The van der Waals surface area contributed by atoms with Crippen LogP contribution in [-0.4, -0.2) is 5.91 Å². The molecule has 0 aliphatic rings. The van der Waals surface area contributed by atoms with Gasteiger partial charge in [0.2, 0.25) is 0 Å². The topological polar surface area (TPSA) is 29.1 Å². The molecule has 0 aliphatic heterocycles. The van der Waals surface area contributed by atoms with Crippen LogP contribution in [0, 0.1) is 5.82 Å². The van der Waals surface area contributed by atoms with Gasteiger partial charge in [0.15, 0.2) is 0 Å². The van der Waals surface area contributed by atoms with Crippen LogP contribution < -0.4 is 5.32 Å². The normalized spacial score (nSPS) is 10.2. The van der Waals surface area contributed by atoms with Gasteiger partial charge in [0.1, 0.15) is 5.82 Å². The molecule has 0 aliphatic carbocycles. The van der Waals surface area contributed by atoms with Gasteiger partial charge in [-0.3, -0.25) is 4.79 Å². The zero-order chi connectivity index (χ0) is 13.7. The molecule has 2 aromatic carbocycles. The van der Waals surface area contributed by atoms with Crippen molar-refractivity contribution in [2.75, 3.05) is 5.32 Å². The zero-order valence-corrected chi connectivity index (χ0v) is 10.8. The first kappa shape index (κ1) is 13.3. The third-order valence-electron chi connectivity index (χ3n) is 2.89. The molecular weight excluding hydrogens is 241 g/mol. The average molecular weight is 257 g/mol. The van der Waals surface area contributed by atoms with E-state index in [4.69, 9.17) is 0 Å². The van der Waals surface area contributed by atoms with E-state index in [2.05, 4.69) is 12.2 Å². The van der Waals surface area contributed by atoms with Crippen molar-refractivity contribution in [1.82, 2.24) is 0 Å². The van der Waals surface area contributed by atoms with Crippen LogP contribution >= 0.6 is 0 Å². The molecule has 0 heterocycles. The summed E-state index contributed by atoms with van der Waals surface area (Å²) in [6, 6.07) is 13.3. The lowest BCUT2D eigenvalue weighted by molar-refractivity contribution is 0.102. The lowest BCUT2D eigenvalue weighted by Gasteiger charge is -2.10. The second-order valence-corrected chi connectivity index (χ2v) is 4.37. The minimum Gasteiger partial charge on any atom is -0.322 e. The van der Waals surface area contributed by atoms with E-state index in [1.165, 1.54) is 24.3 Å². The maximum atomic E-state index is 12.8. The molecule has 0 bridgehead atoms. The number of nitrogens with one attached hydrogen (secondary N) is 1. The lowest BCUT2D eigenvalue weighted by atomic mass is 10.1. The van der Waals surface area contributed by atoms with Gasteiger partial charge in [0.05, 0.1) is 0 Å². The van der Waals surface area contributed by atoms with E-state index < -0.39 is 0 Å². The Kier molecular flexibility index (Phi) is 4.29. The number of hydrogen-bond donors (Lipinski definition) is 1. The second kappa shape index (κ2) is 6.14. The molecule has 0 saturated carbocycles. The number of anilines is 1. The molecule has 0 unspecified atom stereocenters. The molecule has 19 heavy (non-hydrogen) atoms. The summed E-state index contributed by atoms with van der Waals surface area (Å²) in [5.41, 5.74) is 2.38. The van der Waals surface area contributed by atoms with Crippen LogP contribution in [0.3, 0.4) is 0 Å². The van der Waals surface area contributed by atoms with E-state index in [0.29, 0.717) is 5.56 Å². The van der Waals surface area contributed by atoms with Gasteiger partial charge < -0.3 is 5.32 Å². The molecule has 0 aromatic heterocycles. The molecular formula is C16H16FNO. The summed E-state index contributed by atoms with van der Waals surface area (Å²) < 4.78 is 12.8. The van der Waals surface area contributed by atoms with E-state index in [0.717, 1.165) is 24.1 Å². The molecule has 2 rings (SSSR count). The van der Waals surface area contributed by atoms with Crippen LogP contribution in [0.2, 0.25) is 0 Å². The Labute approximate surface area is 112 Å². The summed E-state index contributed by atoms with van der Waals surface area (Å²) in [4.78, 5) is 12.0. The number of hydrogen-bond acceptors (Lipinski definition) is 1. The number of benzene rings is 2. The van der Waals surface area contributed by atoms with Crippen molar-refractivity contribution < 1.29 is 9.18 Å². The molecule has 0 saturated heterocycles. The minimum absolute atomic E-state index is 0.219. The van der Waals surface area contributed by atoms with Gasteiger partial charge >= 0.3 is 0 Å². The molecule has 1 amide bonds. The largest absolute Gasteiger partial charge is 0.322 e. The van der Waals surface area contributed by atoms with Crippen LogP contribution in [0.4, 0.5) is 10.1 Å². The summed E-state index contributed by atoms with van der Waals surface area (Å²) in [6.45, 7) is 2.10. The Morgan fingerprint density at radius 1 is 1.11 bits per heavy atom. The fourth-order valence-corrected chi connectivity index (χ4v) is 1.93. The van der Waals surface area contributed by atoms with Gasteiger partial charge in [-0.1, -0.05) is 31.5 Å². The molecule has 0 atom stereocenters. The van der Waals surface area contributed by atoms with Crippen molar-refractivity contribution in [2.45, 2.75) is 19.8 Å². The molecule has 1 N–H and O–H groups in total. The quantitative estimate of drug-likeness (QED) is 0.880. The number of amides is 1. The highest BCUT2D eigenvalue weighted by Crippen LogP contribution is 2.18. The van der Waals surface area contributed by atoms with E-state index in [1.54, 1.807) is 0 Å². The maximum absolute atomic E-state index is 12.8. The molecule has 0 radical (unpaired) electrons. The summed E-state index contributed by atoms with van der Waals surface area (Å²) in [7, 11) is 0. The van der Waals surface area contributed by atoms with Gasteiger partial charge in [0, 0.05) is 11.3 Å². The summed E-state index contributed by atoms with van der Waals surface area (Å²) in [6.07, 6.45) is 1.93. The van der Waals surface area contributed by atoms with Crippen LogP contribution in [-0.2, 0) is 6.42 Å². The first-order valence-corrected chi connectivity index (χ1v) is 6.35. The Morgan fingerprint density at radius 3 is 2.47 bits per heavy atom. The second-order valence-electron chi connectivity index (χ2n) is 4.37. The predicted octanol–water partition coefficient (Wildman–Crippen LogP) is 4.03. The van der Waals surface area contributed by atoms with Crippen molar-refractivity contribution in [3.05, 3.63) is 65.5 Å². The highest BCUT2D eigenvalue weighted by molar-refractivity contribution is 6.04. The molecule has 2 aromatic rings. The number of rotatable bonds is 4. The third-order valence-corrected chi connectivity index (χ3v) is 2.89. The highest BCUT2D eigenvalue weighted by atomic mass is 19.1. The Morgan fingerprint density at radius 2 is 1.79 bits per heavy atom. The SMILES string of the molecule is CCCc1ccccc1NC(=O)c1ccc(F)cc1. The van der Waals surface area contributed by atoms with Crippen molar-refractivity contribution in [3.8, 4) is 0 Å². The van der Waals surface area contributed by atoms with Crippen molar-refractivity contribution >= 4 is 11.6 Å². The highest BCUT2D eigenvalue weighted by Gasteiger charge is 2.08.